The molecule has 1 aromatic carbocycles. The first-order valence-electron chi connectivity index (χ1n) is 5.43. The molecule has 0 bridgehead atoms. The second kappa shape index (κ2) is 4.49. The first kappa shape index (κ1) is 10.2. The van der Waals surface area contributed by atoms with Crippen LogP contribution in [0, 0.1) is 0 Å². The maximum absolute atomic E-state index is 5.97. The van der Waals surface area contributed by atoms with Gasteiger partial charge in [-0.3, -0.25) is 0 Å². The maximum Gasteiger partial charge on any atom is 0.120 e. The quantitative estimate of drug-likeness (QED) is 0.766. The third kappa shape index (κ3) is 2.21. The molecule has 0 spiro atoms. The highest BCUT2D eigenvalue weighted by Crippen LogP contribution is 2.31. The first-order chi connectivity index (χ1) is 7.31. The van der Waals surface area contributed by atoms with Crippen LogP contribution < -0.4 is 10.5 Å². The molecule has 80 valence electrons. The molecule has 0 heterocycles. The van der Waals surface area contributed by atoms with E-state index in [1.807, 2.05) is 25.1 Å². The van der Waals surface area contributed by atoms with Gasteiger partial charge in [0.15, 0.2) is 0 Å². The molecule has 0 amide bonds. The van der Waals surface area contributed by atoms with Crippen LogP contribution in [0.1, 0.15) is 30.5 Å². The Labute approximate surface area is 90.7 Å². The Kier molecular flexibility index (Phi) is 3.07. The van der Waals surface area contributed by atoms with E-state index in [1.54, 1.807) is 0 Å². The third-order valence-electron chi connectivity index (χ3n) is 2.82. The van der Waals surface area contributed by atoms with Gasteiger partial charge in [0.05, 0.1) is 0 Å². The summed E-state index contributed by atoms with van der Waals surface area (Å²) in [4.78, 5) is 0. The number of hydrogen-bond donors (Lipinski definition) is 1. The molecule has 0 aliphatic heterocycles. The van der Waals surface area contributed by atoms with Gasteiger partial charge >= 0.3 is 0 Å². The molecule has 1 aliphatic rings. The number of aryl methyl sites for hydroxylation is 1. The molecule has 0 aromatic heterocycles. The minimum Gasteiger partial charge on any atom is -0.490 e. The predicted octanol–water partition coefficient (Wildman–Crippen LogP) is 2.59. The van der Waals surface area contributed by atoms with Crippen LogP contribution in [0.25, 0.3) is 0 Å². The molecule has 0 saturated carbocycles. The normalized spacial score (nSPS) is 19.5. The van der Waals surface area contributed by atoms with E-state index < -0.39 is 0 Å². The average molecular weight is 203 g/mol. The van der Waals surface area contributed by atoms with Crippen molar-refractivity contribution in [3.8, 4) is 5.75 Å². The molecule has 2 N–H and O–H groups in total. The Balaban J connectivity index is 2.09. The van der Waals surface area contributed by atoms with Gasteiger partial charge in [-0.1, -0.05) is 18.2 Å². The van der Waals surface area contributed by atoms with E-state index in [9.17, 15) is 0 Å². The zero-order chi connectivity index (χ0) is 10.7. The van der Waals surface area contributed by atoms with E-state index in [4.69, 9.17) is 10.5 Å². The van der Waals surface area contributed by atoms with Crippen LogP contribution in [-0.2, 0) is 6.42 Å². The lowest BCUT2D eigenvalue weighted by Gasteiger charge is -2.07. The number of nitrogens with two attached hydrogens (primary N) is 1. The maximum atomic E-state index is 5.97. The van der Waals surface area contributed by atoms with Crippen LogP contribution >= 0.6 is 0 Å². The number of fused-ring (bicyclic) bond motifs is 1. The molecule has 0 unspecified atom stereocenters. The fourth-order valence-electron chi connectivity index (χ4n) is 1.96. The van der Waals surface area contributed by atoms with Crippen molar-refractivity contribution < 1.29 is 4.74 Å². The summed E-state index contributed by atoms with van der Waals surface area (Å²) in [6.45, 7) is 2.63. The van der Waals surface area contributed by atoms with Crippen molar-refractivity contribution in [3.63, 3.8) is 0 Å². The lowest BCUT2D eigenvalue weighted by Crippen LogP contribution is -2.05. The molecule has 1 aromatic rings. The Hall–Kier alpha value is -1.28. The number of ether oxygens (including phenoxy) is 1. The standard InChI is InChI=1S/C13H17NO/c1-2-3-8-15-11-5-6-12-10(9-11)4-7-13(12)14/h2-3,5-6,9,13H,4,7-8,14H2,1H3/b3-2+/t13-/m1/s1. The van der Waals surface area contributed by atoms with E-state index in [1.165, 1.54) is 11.1 Å². The van der Waals surface area contributed by atoms with Crippen molar-refractivity contribution in [1.82, 2.24) is 0 Å². The molecule has 0 fully saturated rings. The molecule has 0 saturated heterocycles. The second-order valence-electron chi connectivity index (χ2n) is 3.89. The predicted molar refractivity (Wildman–Crippen MR) is 62.0 cm³/mol. The number of benzene rings is 1. The van der Waals surface area contributed by atoms with Gasteiger partial charge in [0.25, 0.3) is 0 Å². The number of allylic oxidation sites excluding steroid dienone is 1. The lowest BCUT2D eigenvalue weighted by atomic mass is 10.1. The minimum atomic E-state index is 0.226. The summed E-state index contributed by atoms with van der Waals surface area (Å²) in [7, 11) is 0. The van der Waals surface area contributed by atoms with Crippen molar-refractivity contribution >= 4 is 0 Å². The van der Waals surface area contributed by atoms with Crippen LogP contribution in [0.15, 0.2) is 30.4 Å². The van der Waals surface area contributed by atoms with Crippen molar-refractivity contribution in [1.29, 1.82) is 0 Å². The fourth-order valence-corrected chi connectivity index (χ4v) is 1.96. The molecule has 2 nitrogen and oxygen atoms in total. The van der Waals surface area contributed by atoms with Crippen molar-refractivity contribution in [2.75, 3.05) is 6.61 Å². The Morgan fingerprint density at radius 1 is 1.53 bits per heavy atom. The zero-order valence-corrected chi connectivity index (χ0v) is 9.07. The SMILES string of the molecule is C/C=C/COc1ccc2c(c1)CC[C@H]2N. The topological polar surface area (TPSA) is 35.2 Å². The average Bonchev–Trinajstić information content (AvgIpc) is 2.61. The van der Waals surface area contributed by atoms with E-state index >= 15 is 0 Å². The van der Waals surface area contributed by atoms with Crippen molar-refractivity contribution in [2.45, 2.75) is 25.8 Å². The van der Waals surface area contributed by atoms with E-state index in [0.717, 1.165) is 18.6 Å². The summed E-state index contributed by atoms with van der Waals surface area (Å²) in [5.74, 6) is 0.945. The molecule has 1 aliphatic carbocycles. The summed E-state index contributed by atoms with van der Waals surface area (Å²) in [6, 6.07) is 6.45. The number of rotatable bonds is 3. The highest BCUT2D eigenvalue weighted by molar-refractivity contribution is 5.40. The fraction of sp³-hybridized carbons (Fsp3) is 0.385. The smallest absolute Gasteiger partial charge is 0.120 e. The zero-order valence-electron chi connectivity index (χ0n) is 9.07. The molecule has 15 heavy (non-hydrogen) atoms. The molecular weight excluding hydrogens is 186 g/mol. The number of hydrogen-bond acceptors (Lipinski definition) is 2. The molecule has 1 atom stereocenters. The summed E-state index contributed by atoms with van der Waals surface area (Å²) < 4.78 is 5.58. The van der Waals surface area contributed by atoms with Crippen molar-refractivity contribution in [3.05, 3.63) is 41.5 Å². The summed E-state index contributed by atoms with van der Waals surface area (Å²) in [5, 5.41) is 0. The minimum absolute atomic E-state index is 0.226. The van der Waals surface area contributed by atoms with E-state index in [-0.39, 0.29) is 6.04 Å². The first-order valence-corrected chi connectivity index (χ1v) is 5.43. The summed E-state index contributed by atoms with van der Waals surface area (Å²) in [6.07, 6.45) is 6.13. The lowest BCUT2D eigenvalue weighted by molar-refractivity contribution is 0.362. The van der Waals surface area contributed by atoms with Gasteiger partial charge in [-0.15, -0.1) is 0 Å². The molecule has 2 heteroatoms. The molecule has 0 radical (unpaired) electrons. The van der Waals surface area contributed by atoms with Gasteiger partial charge in [-0.2, -0.15) is 0 Å². The molecular formula is C13H17NO. The van der Waals surface area contributed by atoms with Crippen LogP contribution in [0.5, 0.6) is 5.75 Å². The second-order valence-corrected chi connectivity index (χ2v) is 3.89. The Morgan fingerprint density at radius 3 is 3.20 bits per heavy atom. The van der Waals surface area contributed by atoms with E-state index in [0.29, 0.717) is 6.61 Å². The van der Waals surface area contributed by atoms with Gasteiger partial charge in [-0.05, 0) is 43.0 Å². The highest BCUT2D eigenvalue weighted by atomic mass is 16.5. The van der Waals surface area contributed by atoms with E-state index in [2.05, 4.69) is 12.1 Å². The van der Waals surface area contributed by atoms with Gasteiger partial charge < -0.3 is 10.5 Å². The largest absolute Gasteiger partial charge is 0.490 e. The Morgan fingerprint density at radius 2 is 2.40 bits per heavy atom. The van der Waals surface area contributed by atoms with Crippen LogP contribution in [0.2, 0.25) is 0 Å². The van der Waals surface area contributed by atoms with Gasteiger partial charge in [0.2, 0.25) is 0 Å². The van der Waals surface area contributed by atoms with Crippen LogP contribution in [0.4, 0.5) is 0 Å². The highest BCUT2D eigenvalue weighted by Gasteiger charge is 2.18. The summed E-state index contributed by atoms with van der Waals surface area (Å²) >= 11 is 0. The summed E-state index contributed by atoms with van der Waals surface area (Å²) in [5.41, 5.74) is 8.60. The van der Waals surface area contributed by atoms with Gasteiger partial charge in [-0.25, -0.2) is 0 Å². The van der Waals surface area contributed by atoms with Gasteiger partial charge in [0, 0.05) is 6.04 Å². The monoisotopic (exact) mass is 203 g/mol. The Bertz CT molecular complexity index is 371. The third-order valence-corrected chi connectivity index (χ3v) is 2.82. The van der Waals surface area contributed by atoms with Crippen LogP contribution in [0.3, 0.4) is 0 Å². The van der Waals surface area contributed by atoms with Crippen molar-refractivity contribution in [2.24, 2.45) is 5.73 Å². The van der Waals surface area contributed by atoms with Crippen LogP contribution in [-0.4, -0.2) is 6.61 Å². The van der Waals surface area contributed by atoms with Gasteiger partial charge in [0.1, 0.15) is 12.4 Å². The molecule has 2 rings (SSSR count).